The minimum Gasteiger partial charge on any atom is -0.489 e. The summed E-state index contributed by atoms with van der Waals surface area (Å²) in [5.74, 6) is 1.33. The Morgan fingerprint density at radius 1 is 0.974 bits per heavy atom. The lowest BCUT2D eigenvalue weighted by molar-refractivity contribution is 0.361. The van der Waals surface area contributed by atoms with E-state index in [9.17, 15) is 4.79 Å². The highest BCUT2D eigenvalue weighted by Gasteiger charge is 2.16. The van der Waals surface area contributed by atoms with Crippen molar-refractivity contribution in [2.45, 2.75) is 13.8 Å². The first-order valence-electron chi connectivity index (χ1n) is 12.5. The average Bonchev–Trinajstić information content (AvgIpc) is 3.64. The van der Waals surface area contributed by atoms with Gasteiger partial charge in [0, 0.05) is 22.9 Å². The Labute approximate surface area is 229 Å². The van der Waals surface area contributed by atoms with Crippen molar-refractivity contribution in [2.24, 2.45) is 0 Å². The van der Waals surface area contributed by atoms with Gasteiger partial charge in [-0.25, -0.2) is 4.68 Å². The summed E-state index contributed by atoms with van der Waals surface area (Å²) in [4.78, 5) is 18.5. The average molecular weight is 532 g/mol. The molecule has 0 unspecified atom stereocenters. The van der Waals surface area contributed by atoms with Crippen LogP contribution in [0, 0.1) is 13.8 Å². The van der Waals surface area contributed by atoms with Gasteiger partial charge in [-0.05, 0) is 55.8 Å². The number of fused-ring (bicyclic) bond motifs is 1. The van der Waals surface area contributed by atoms with Crippen LogP contribution in [0.1, 0.15) is 16.7 Å². The van der Waals surface area contributed by atoms with Gasteiger partial charge >= 0.3 is 0 Å². The zero-order chi connectivity index (χ0) is 26.9. The molecular formula is C31H25N5O2S. The normalized spacial score (nSPS) is 11.8. The molecule has 0 saturated heterocycles. The molecule has 0 saturated carbocycles. The lowest BCUT2D eigenvalue weighted by Gasteiger charge is -2.08. The molecule has 0 bridgehead atoms. The van der Waals surface area contributed by atoms with Gasteiger partial charge in [-0.1, -0.05) is 72.0 Å². The van der Waals surface area contributed by atoms with E-state index in [0.29, 0.717) is 21.9 Å². The van der Waals surface area contributed by atoms with E-state index in [-0.39, 0.29) is 5.56 Å². The van der Waals surface area contributed by atoms with Crippen molar-refractivity contribution in [1.29, 1.82) is 0 Å². The monoisotopic (exact) mass is 531 g/mol. The standard InChI is InChI=1S/C31H25N5O2S/c1-4-16-38-26-15-14-23(17-21(26)3)28-24(19-35(33-28)25-8-6-5-7-9-25)18-27-30(37)36-31(39-27)32-29(34-36)22-12-10-20(2)11-13-22/h4-15,17-19H,1,16H2,2-3H3/b27-18-. The first kappa shape index (κ1) is 24.5. The molecule has 3 aromatic carbocycles. The smallest absolute Gasteiger partial charge is 0.291 e. The Morgan fingerprint density at radius 3 is 2.46 bits per heavy atom. The van der Waals surface area contributed by atoms with Crippen molar-refractivity contribution in [3.8, 4) is 34.1 Å². The molecule has 0 atom stereocenters. The molecule has 0 N–H and O–H groups in total. The zero-order valence-corrected chi connectivity index (χ0v) is 22.4. The number of benzene rings is 3. The molecule has 3 aromatic heterocycles. The number of hydrogen-bond acceptors (Lipinski definition) is 6. The molecule has 0 amide bonds. The fourth-order valence-corrected chi connectivity index (χ4v) is 5.24. The topological polar surface area (TPSA) is 74.3 Å². The van der Waals surface area contributed by atoms with Gasteiger partial charge < -0.3 is 4.74 Å². The summed E-state index contributed by atoms with van der Waals surface area (Å²) in [6.45, 7) is 8.19. The molecule has 0 spiro atoms. The van der Waals surface area contributed by atoms with Crippen LogP contribution in [-0.2, 0) is 0 Å². The van der Waals surface area contributed by atoms with Gasteiger partial charge in [-0.2, -0.15) is 14.6 Å². The van der Waals surface area contributed by atoms with Crippen molar-refractivity contribution in [1.82, 2.24) is 24.4 Å². The van der Waals surface area contributed by atoms with Gasteiger partial charge in [0.25, 0.3) is 5.56 Å². The van der Waals surface area contributed by atoms with Gasteiger partial charge in [0.1, 0.15) is 18.1 Å². The molecule has 0 radical (unpaired) electrons. The predicted molar refractivity (Wildman–Crippen MR) is 156 cm³/mol. The molecule has 0 aliphatic rings. The van der Waals surface area contributed by atoms with Crippen LogP contribution in [-0.4, -0.2) is 31.0 Å². The molecule has 0 aliphatic carbocycles. The van der Waals surface area contributed by atoms with Crippen molar-refractivity contribution in [2.75, 3.05) is 6.61 Å². The van der Waals surface area contributed by atoms with E-state index in [1.54, 1.807) is 6.08 Å². The van der Waals surface area contributed by atoms with Crippen LogP contribution in [0.3, 0.4) is 0 Å². The number of hydrogen-bond donors (Lipinski definition) is 0. The van der Waals surface area contributed by atoms with E-state index in [2.05, 4.69) is 16.7 Å². The molecule has 7 nitrogen and oxygen atoms in total. The second kappa shape index (κ2) is 10.2. The van der Waals surface area contributed by atoms with E-state index in [4.69, 9.17) is 9.84 Å². The number of thiazole rings is 1. The highest BCUT2D eigenvalue weighted by atomic mass is 32.1. The van der Waals surface area contributed by atoms with Crippen LogP contribution in [0.2, 0.25) is 0 Å². The summed E-state index contributed by atoms with van der Waals surface area (Å²) in [6.07, 6.45) is 5.53. The van der Waals surface area contributed by atoms with Crippen LogP contribution < -0.4 is 14.8 Å². The first-order chi connectivity index (χ1) is 19.0. The van der Waals surface area contributed by atoms with Crippen LogP contribution in [0.4, 0.5) is 0 Å². The van der Waals surface area contributed by atoms with Crippen LogP contribution in [0.5, 0.6) is 5.75 Å². The maximum absolute atomic E-state index is 13.3. The maximum Gasteiger partial charge on any atom is 0.291 e. The molecule has 0 fully saturated rings. The second-order valence-corrected chi connectivity index (χ2v) is 10.2. The first-order valence-corrected chi connectivity index (χ1v) is 13.3. The number of ether oxygens (including phenoxy) is 1. The van der Waals surface area contributed by atoms with Crippen LogP contribution >= 0.6 is 11.3 Å². The van der Waals surface area contributed by atoms with E-state index < -0.39 is 0 Å². The molecule has 0 aliphatic heterocycles. The van der Waals surface area contributed by atoms with Gasteiger partial charge in [0.2, 0.25) is 4.96 Å². The van der Waals surface area contributed by atoms with E-state index >= 15 is 0 Å². The molecule has 6 aromatic rings. The van der Waals surface area contributed by atoms with Gasteiger partial charge in [-0.3, -0.25) is 4.79 Å². The van der Waals surface area contributed by atoms with Crippen molar-refractivity contribution in [3.05, 3.63) is 123 Å². The molecule has 39 heavy (non-hydrogen) atoms. The Hall–Kier alpha value is -4.82. The Kier molecular flexibility index (Phi) is 6.38. The summed E-state index contributed by atoms with van der Waals surface area (Å²) in [5.41, 5.74) is 6.24. The number of aryl methyl sites for hydroxylation is 2. The molecule has 3 heterocycles. The lowest BCUT2D eigenvalue weighted by atomic mass is 10.0. The third kappa shape index (κ3) is 4.78. The fourth-order valence-electron chi connectivity index (χ4n) is 4.34. The predicted octanol–water partition coefficient (Wildman–Crippen LogP) is 5.40. The molecule has 192 valence electrons. The van der Waals surface area contributed by atoms with E-state index in [1.807, 2.05) is 104 Å². The summed E-state index contributed by atoms with van der Waals surface area (Å²) in [7, 11) is 0. The highest BCUT2D eigenvalue weighted by Crippen LogP contribution is 2.29. The summed E-state index contributed by atoms with van der Waals surface area (Å²) >= 11 is 1.32. The second-order valence-electron chi connectivity index (χ2n) is 9.20. The van der Waals surface area contributed by atoms with Gasteiger partial charge in [0.15, 0.2) is 5.82 Å². The zero-order valence-electron chi connectivity index (χ0n) is 21.5. The van der Waals surface area contributed by atoms with Crippen molar-refractivity contribution in [3.63, 3.8) is 0 Å². The lowest BCUT2D eigenvalue weighted by Crippen LogP contribution is -2.23. The number of rotatable bonds is 7. The third-order valence-electron chi connectivity index (χ3n) is 6.35. The van der Waals surface area contributed by atoms with Crippen molar-refractivity contribution < 1.29 is 4.74 Å². The minimum absolute atomic E-state index is 0.205. The van der Waals surface area contributed by atoms with Gasteiger partial charge in [0.05, 0.1) is 10.2 Å². The van der Waals surface area contributed by atoms with Crippen LogP contribution in [0.15, 0.2) is 96.4 Å². The Balaban J connectivity index is 1.45. The summed E-state index contributed by atoms with van der Waals surface area (Å²) < 4.78 is 9.50. The highest BCUT2D eigenvalue weighted by molar-refractivity contribution is 7.15. The number of aromatic nitrogens is 5. The molecule has 6 rings (SSSR count). The Bertz CT molecular complexity index is 1920. The van der Waals surface area contributed by atoms with Crippen LogP contribution in [0.25, 0.3) is 39.4 Å². The SMILES string of the molecule is C=CCOc1ccc(-c2nn(-c3ccccc3)cc2/C=c2\sc3nc(-c4ccc(C)cc4)nn3c2=O)cc1C. The Morgan fingerprint density at radius 2 is 1.74 bits per heavy atom. The van der Waals surface area contributed by atoms with Crippen molar-refractivity contribution >= 4 is 22.4 Å². The fraction of sp³-hybridized carbons (Fsp3) is 0.0968. The van der Waals surface area contributed by atoms with E-state index in [1.165, 1.54) is 15.9 Å². The summed E-state index contributed by atoms with van der Waals surface area (Å²) in [5, 5.41) is 9.40. The number of nitrogens with zero attached hydrogens (tertiary/aromatic N) is 5. The quantitative estimate of drug-likeness (QED) is 0.258. The molecular weight excluding hydrogens is 506 g/mol. The number of para-hydroxylation sites is 1. The minimum atomic E-state index is -0.205. The molecule has 8 heteroatoms. The summed E-state index contributed by atoms with van der Waals surface area (Å²) in [6, 6.07) is 23.8. The largest absolute Gasteiger partial charge is 0.489 e. The maximum atomic E-state index is 13.3. The third-order valence-corrected chi connectivity index (χ3v) is 7.31. The van der Waals surface area contributed by atoms with Gasteiger partial charge in [-0.15, -0.1) is 5.10 Å². The van der Waals surface area contributed by atoms with E-state index in [0.717, 1.165) is 44.9 Å².